The Kier molecular flexibility index (Phi) is 25.4. The van der Waals surface area contributed by atoms with Crippen LogP contribution in [-0.2, 0) is 62.0 Å². The lowest BCUT2D eigenvalue weighted by Crippen LogP contribution is -2.33. The maximum atomic E-state index is 14.4. The molecule has 8 rings (SSSR count). The molecule has 85 heavy (non-hydrogen) atoms. The molecule has 4 aliphatic carbocycles. The number of fused-ring (bicyclic) bond motifs is 2. The van der Waals surface area contributed by atoms with Crippen LogP contribution < -0.4 is 9.47 Å². The zero-order valence-corrected chi connectivity index (χ0v) is 51.0. The SMILES string of the molecule is C=CC(=O)OCCCCCCOC1CCC(OC(=O)C2CCC(C(=O)Oc3c4c(c(OC(=O)C5CCC(C(=O)OC6CCC(OCCCCCCOC(=O)C=C)CC6)CC5)c5ccccc35)SC(=C(CC)C(=O)N3C=CC=CC3=C)S4)CC2)CC1. The van der Waals surface area contributed by atoms with Gasteiger partial charge in [0.2, 0.25) is 0 Å². The summed E-state index contributed by atoms with van der Waals surface area (Å²) >= 11 is 2.65. The van der Waals surface area contributed by atoms with Crippen LogP contribution in [0.5, 0.6) is 11.5 Å². The van der Waals surface area contributed by atoms with Gasteiger partial charge in [0.05, 0.1) is 63.1 Å². The number of allylic oxidation sites excluding steroid dienone is 3. The molecule has 0 bridgehead atoms. The zero-order valence-electron chi connectivity index (χ0n) is 49.4. The summed E-state index contributed by atoms with van der Waals surface area (Å²) in [7, 11) is 0. The summed E-state index contributed by atoms with van der Waals surface area (Å²) in [5, 5.41) is 1.16. The number of carbonyl (C=O) groups is 7. The van der Waals surface area contributed by atoms with Gasteiger partial charge in [-0.2, -0.15) is 0 Å². The predicted octanol–water partition coefficient (Wildman–Crippen LogP) is 13.8. The van der Waals surface area contributed by atoms with Gasteiger partial charge in [-0.1, -0.05) is 93.4 Å². The standard InChI is InChI=1S/C67H85NO15S2/c1-5-53(62(71)68-39-15-14-20-44(68)4)67-84-60-58(82-65(74)47-27-23-45(24-28-47)63(72)80-51-35-31-49(32-36-51)76-40-16-8-10-18-42-78-56(69)6-2)54-21-12-13-22-55(54)59(61(60)85-67)83-66(75)48-29-25-46(26-30-48)64(73)81-52-37-33-50(34-38-52)77-41-17-9-11-19-43-79-57(70)7-3/h6-7,12-15,20-22,39,45-52H,2-5,8-11,16-19,23-38,40-43H2,1H3. The van der Waals surface area contributed by atoms with Crippen molar-refractivity contribution in [2.45, 2.75) is 202 Å². The van der Waals surface area contributed by atoms with Crippen LogP contribution in [0.1, 0.15) is 167 Å². The first-order valence-electron chi connectivity index (χ1n) is 31.0. The van der Waals surface area contributed by atoms with E-state index in [0.29, 0.717) is 132 Å². The summed E-state index contributed by atoms with van der Waals surface area (Å²) in [6, 6.07) is 7.39. The lowest BCUT2D eigenvalue weighted by molar-refractivity contribution is -0.160. The van der Waals surface area contributed by atoms with Crippen LogP contribution in [0.3, 0.4) is 0 Å². The molecule has 460 valence electrons. The molecule has 0 aromatic heterocycles. The van der Waals surface area contributed by atoms with E-state index >= 15 is 0 Å². The number of hydrogen-bond acceptors (Lipinski definition) is 17. The van der Waals surface area contributed by atoms with Crippen molar-refractivity contribution in [2.75, 3.05) is 26.4 Å². The van der Waals surface area contributed by atoms with Gasteiger partial charge >= 0.3 is 35.8 Å². The van der Waals surface area contributed by atoms with Crippen LogP contribution in [0.25, 0.3) is 10.8 Å². The van der Waals surface area contributed by atoms with Crippen molar-refractivity contribution in [2.24, 2.45) is 23.7 Å². The fraction of sp³-hybridized carbons (Fsp3) is 0.567. The molecule has 16 nitrogen and oxygen atoms in total. The summed E-state index contributed by atoms with van der Waals surface area (Å²) in [6.45, 7) is 15.0. The normalized spacial score (nSPS) is 23.8. The van der Waals surface area contributed by atoms with Gasteiger partial charge in [0.1, 0.15) is 12.2 Å². The molecule has 0 atom stereocenters. The fourth-order valence-electron chi connectivity index (χ4n) is 12.0. The third kappa shape index (κ3) is 18.5. The molecular weight excluding hydrogens is 1120 g/mol. The molecule has 0 spiro atoms. The number of carbonyl (C=O) groups excluding carboxylic acids is 7. The largest absolute Gasteiger partial charge is 0.463 e. The molecule has 4 saturated carbocycles. The minimum Gasteiger partial charge on any atom is -0.463 e. The molecule has 18 heteroatoms. The Labute approximate surface area is 509 Å². The van der Waals surface area contributed by atoms with E-state index < -0.39 is 35.7 Å². The van der Waals surface area contributed by atoms with Gasteiger partial charge in [-0.05, 0) is 160 Å². The quantitative estimate of drug-likeness (QED) is 0.0256. The summed E-state index contributed by atoms with van der Waals surface area (Å²) in [5.41, 5.74) is 1.05. The second kappa shape index (κ2) is 33.2. The molecule has 2 heterocycles. The molecule has 0 unspecified atom stereocenters. The summed E-state index contributed by atoms with van der Waals surface area (Å²) in [4.78, 5) is 95.1. The number of nitrogens with zero attached hydrogens (tertiary/aromatic N) is 1. The molecule has 2 aromatic carbocycles. The summed E-state index contributed by atoms with van der Waals surface area (Å²) in [6.07, 6.45) is 27.2. The van der Waals surface area contributed by atoms with Crippen molar-refractivity contribution in [1.29, 1.82) is 0 Å². The molecule has 0 saturated heterocycles. The van der Waals surface area contributed by atoms with E-state index in [0.717, 1.165) is 103 Å². The molecule has 0 N–H and O–H groups in total. The number of hydrogen-bond donors (Lipinski definition) is 0. The molecule has 2 aromatic rings. The van der Waals surface area contributed by atoms with E-state index in [2.05, 4.69) is 19.7 Å². The first-order valence-corrected chi connectivity index (χ1v) is 32.7. The third-order valence-corrected chi connectivity index (χ3v) is 19.7. The number of esters is 6. The average Bonchev–Trinajstić information content (AvgIpc) is 2.04. The molecule has 1 amide bonds. The van der Waals surface area contributed by atoms with E-state index in [1.807, 2.05) is 37.3 Å². The van der Waals surface area contributed by atoms with Crippen LogP contribution in [0.15, 0.2) is 106 Å². The van der Waals surface area contributed by atoms with E-state index in [4.69, 9.17) is 37.9 Å². The van der Waals surface area contributed by atoms with Gasteiger partial charge in [0.25, 0.3) is 5.91 Å². The number of thioether (sulfide) groups is 2. The summed E-state index contributed by atoms with van der Waals surface area (Å²) in [5.74, 6) is -3.18. The van der Waals surface area contributed by atoms with Crippen LogP contribution in [0.2, 0.25) is 0 Å². The highest BCUT2D eigenvalue weighted by atomic mass is 32.2. The lowest BCUT2D eigenvalue weighted by Gasteiger charge is -2.31. The van der Waals surface area contributed by atoms with Crippen LogP contribution in [0.4, 0.5) is 0 Å². The maximum absolute atomic E-state index is 14.4. The monoisotopic (exact) mass is 1210 g/mol. The van der Waals surface area contributed by atoms with Crippen LogP contribution in [-0.4, -0.2) is 97.5 Å². The Hall–Kier alpha value is -5.95. The highest BCUT2D eigenvalue weighted by molar-refractivity contribution is 8.24. The molecule has 6 aliphatic rings. The van der Waals surface area contributed by atoms with Gasteiger partial charge in [-0.3, -0.25) is 28.9 Å². The topological polar surface area (TPSA) is 197 Å². The average molecular weight is 1210 g/mol. The first kappa shape index (κ1) is 65.0. The Balaban J connectivity index is 0.845. The maximum Gasteiger partial charge on any atom is 0.330 e. The van der Waals surface area contributed by atoms with E-state index in [1.165, 1.54) is 40.6 Å². The first-order chi connectivity index (χ1) is 41.3. The second-order valence-electron chi connectivity index (χ2n) is 23.0. The van der Waals surface area contributed by atoms with Crippen molar-refractivity contribution in [3.63, 3.8) is 0 Å². The van der Waals surface area contributed by atoms with Gasteiger partial charge in [0.15, 0.2) is 11.5 Å². The number of benzene rings is 2. The highest BCUT2D eigenvalue weighted by Crippen LogP contribution is 2.62. The highest BCUT2D eigenvalue weighted by Gasteiger charge is 2.40. The Bertz CT molecular complexity index is 2650. The van der Waals surface area contributed by atoms with E-state index in [1.54, 1.807) is 18.4 Å². The fourth-order valence-corrected chi connectivity index (χ4v) is 14.8. The predicted molar refractivity (Wildman–Crippen MR) is 325 cm³/mol. The van der Waals surface area contributed by atoms with Gasteiger partial charge in [-0.25, -0.2) is 9.59 Å². The molecule has 0 radical (unpaired) electrons. The smallest absolute Gasteiger partial charge is 0.330 e. The van der Waals surface area contributed by atoms with Crippen molar-refractivity contribution < 1.29 is 71.5 Å². The van der Waals surface area contributed by atoms with Gasteiger partial charge < -0.3 is 37.9 Å². The van der Waals surface area contributed by atoms with E-state index in [-0.39, 0.29) is 54.1 Å². The van der Waals surface area contributed by atoms with Crippen molar-refractivity contribution in [3.8, 4) is 11.5 Å². The van der Waals surface area contributed by atoms with Gasteiger partial charge in [0, 0.05) is 53.6 Å². The summed E-state index contributed by atoms with van der Waals surface area (Å²) < 4.78 is 48.1. The third-order valence-electron chi connectivity index (χ3n) is 17.1. The Morgan fingerprint density at radius 1 is 0.518 bits per heavy atom. The number of unbranched alkanes of at least 4 members (excludes halogenated alkanes) is 6. The number of ether oxygens (including phenoxy) is 8. The molecular formula is C67H85NO15S2. The van der Waals surface area contributed by atoms with Crippen LogP contribution in [0, 0.1) is 23.7 Å². The minimum atomic E-state index is -0.464. The Morgan fingerprint density at radius 2 is 0.906 bits per heavy atom. The number of rotatable bonds is 28. The zero-order chi connectivity index (χ0) is 60.1. The molecule has 4 fully saturated rings. The van der Waals surface area contributed by atoms with Crippen molar-refractivity contribution >= 4 is 76.0 Å². The minimum absolute atomic E-state index is 0.143. The van der Waals surface area contributed by atoms with Crippen molar-refractivity contribution in [3.05, 3.63) is 96.1 Å². The lowest BCUT2D eigenvalue weighted by atomic mass is 9.82. The van der Waals surface area contributed by atoms with Crippen LogP contribution >= 0.6 is 23.5 Å². The number of amides is 1. The Morgan fingerprint density at radius 3 is 1.29 bits per heavy atom. The second-order valence-corrected chi connectivity index (χ2v) is 25.3. The van der Waals surface area contributed by atoms with Gasteiger partial charge in [-0.15, -0.1) is 0 Å². The van der Waals surface area contributed by atoms with Crippen molar-refractivity contribution in [1.82, 2.24) is 4.90 Å². The van der Waals surface area contributed by atoms with E-state index in [9.17, 15) is 33.6 Å². The molecule has 2 aliphatic heterocycles.